The highest BCUT2D eigenvalue weighted by atomic mass is 19.2. The Morgan fingerprint density at radius 2 is 1.78 bits per heavy atom. The molecule has 3 rings (SSSR count). The second-order valence-electron chi connectivity index (χ2n) is 6.77. The molecule has 1 saturated heterocycles. The zero-order valence-electron chi connectivity index (χ0n) is 14.4. The summed E-state index contributed by atoms with van der Waals surface area (Å²) in [5.41, 5.74) is -0.361. The highest BCUT2D eigenvalue weighted by Gasteiger charge is 2.42. The minimum atomic E-state index is -1.56. The van der Waals surface area contributed by atoms with E-state index in [-0.39, 0.29) is 24.3 Å². The number of carboxylic acid groups (broad SMARTS) is 1. The van der Waals surface area contributed by atoms with Crippen LogP contribution in [-0.4, -0.2) is 35.1 Å². The van der Waals surface area contributed by atoms with E-state index in [1.807, 2.05) is 0 Å². The summed E-state index contributed by atoms with van der Waals surface area (Å²) in [6.07, 6.45) is 0.325. The number of benzene rings is 2. The number of nitrogens with one attached hydrogen (secondary N) is 1. The van der Waals surface area contributed by atoms with Gasteiger partial charge in [-0.3, -0.25) is 4.79 Å². The fourth-order valence-electron chi connectivity index (χ4n) is 3.06. The minimum absolute atomic E-state index is 0.0517. The molecule has 1 aliphatic rings. The standard InChI is InChI=1S/C19H17F3N2O3/c1-19(17(25)26)6-7-24(10-19)18(27)23-15-5-3-2-4-12(15)11-8-13(20)16(22)14(21)9-11/h2-5,8-9H,6-7,10H2,1H3,(H,23,27)(H,25,26). The van der Waals surface area contributed by atoms with Gasteiger partial charge in [0, 0.05) is 18.7 Å². The van der Waals surface area contributed by atoms with E-state index in [1.165, 1.54) is 11.0 Å². The molecule has 1 heterocycles. The van der Waals surface area contributed by atoms with Crippen LogP contribution in [0.2, 0.25) is 0 Å². The van der Waals surface area contributed by atoms with Crippen molar-refractivity contribution in [3.05, 3.63) is 53.8 Å². The molecule has 1 atom stereocenters. The van der Waals surface area contributed by atoms with Gasteiger partial charge in [0.15, 0.2) is 17.5 Å². The molecule has 1 unspecified atom stereocenters. The number of anilines is 1. The highest BCUT2D eigenvalue weighted by molar-refractivity contribution is 5.95. The molecule has 1 fully saturated rings. The van der Waals surface area contributed by atoms with E-state index in [9.17, 15) is 27.9 Å². The number of para-hydroxylation sites is 1. The third kappa shape index (κ3) is 3.60. The fraction of sp³-hybridized carbons (Fsp3) is 0.263. The lowest BCUT2D eigenvalue weighted by molar-refractivity contribution is -0.146. The average molecular weight is 378 g/mol. The van der Waals surface area contributed by atoms with Crippen molar-refractivity contribution >= 4 is 17.7 Å². The molecule has 1 aliphatic heterocycles. The smallest absolute Gasteiger partial charge is 0.321 e. The van der Waals surface area contributed by atoms with Gasteiger partial charge in [-0.25, -0.2) is 18.0 Å². The Balaban J connectivity index is 1.85. The number of carbonyl (C=O) groups is 2. The van der Waals surface area contributed by atoms with Gasteiger partial charge < -0.3 is 15.3 Å². The number of carbonyl (C=O) groups excluding carboxylic acids is 1. The Bertz CT molecular complexity index is 896. The van der Waals surface area contributed by atoms with E-state index in [0.717, 1.165) is 12.1 Å². The number of carboxylic acids is 1. The summed E-state index contributed by atoms with van der Waals surface area (Å²) in [4.78, 5) is 25.2. The Morgan fingerprint density at radius 1 is 1.15 bits per heavy atom. The van der Waals surface area contributed by atoms with Crippen molar-refractivity contribution in [2.75, 3.05) is 18.4 Å². The largest absolute Gasteiger partial charge is 0.481 e. The summed E-state index contributed by atoms with van der Waals surface area (Å²) >= 11 is 0. The number of urea groups is 1. The summed E-state index contributed by atoms with van der Waals surface area (Å²) < 4.78 is 40.3. The van der Waals surface area contributed by atoms with Crippen LogP contribution in [0.15, 0.2) is 36.4 Å². The molecule has 0 radical (unpaired) electrons. The lowest BCUT2D eigenvalue weighted by Crippen LogP contribution is -2.37. The van der Waals surface area contributed by atoms with Crippen molar-refractivity contribution in [2.24, 2.45) is 5.41 Å². The zero-order chi connectivity index (χ0) is 19.8. The second-order valence-corrected chi connectivity index (χ2v) is 6.77. The number of rotatable bonds is 3. The first-order valence-electron chi connectivity index (χ1n) is 8.24. The Kier molecular flexibility index (Phi) is 4.82. The molecule has 2 aromatic rings. The lowest BCUT2D eigenvalue weighted by Gasteiger charge is -2.21. The molecule has 0 aromatic heterocycles. The minimum Gasteiger partial charge on any atom is -0.481 e. The van der Waals surface area contributed by atoms with Crippen LogP contribution in [0, 0.1) is 22.9 Å². The quantitative estimate of drug-likeness (QED) is 0.790. The van der Waals surface area contributed by atoms with Crippen LogP contribution in [0.3, 0.4) is 0 Å². The third-order valence-electron chi connectivity index (χ3n) is 4.74. The van der Waals surface area contributed by atoms with Gasteiger partial charge in [-0.1, -0.05) is 18.2 Å². The molecule has 0 saturated carbocycles. The first-order valence-corrected chi connectivity index (χ1v) is 8.24. The molecule has 0 spiro atoms. The van der Waals surface area contributed by atoms with E-state index in [0.29, 0.717) is 12.0 Å². The maximum absolute atomic E-state index is 13.6. The zero-order valence-corrected chi connectivity index (χ0v) is 14.4. The summed E-state index contributed by atoms with van der Waals surface area (Å²) in [5, 5.41) is 11.9. The summed E-state index contributed by atoms with van der Waals surface area (Å²) in [7, 11) is 0. The maximum atomic E-state index is 13.6. The van der Waals surface area contributed by atoms with Crippen molar-refractivity contribution < 1.29 is 27.9 Å². The van der Waals surface area contributed by atoms with Gasteiger partial charge in [0.2, 0.25) is 0 Å². The van der Waals surface area contributed by atoms with Crippen LogP contribution >= 0.6 is 0 Å². The SMILES string of the molecule is CC1(C(=O)O)CCN(C(=O)Nc2ccccc2-c2cc(F)c(F)c(F)c2)C1. The van der Waals surface area contributed by atoms with Crippen LogP contribution in [0.4, 0.5) is 23.7 Å². The van der Waals surface area contributed by atoms with Gasteiger partial charge in [0.1, 0.15) is 0 Å². The van der Waals surface area contributed by atoms with Crippen LogP contribution in [0.1, 0.15) is 13.3 Å². The molecule has 142 valence electrons. The molecule has 2 amide bonds. The molecule has 2 N–H and O–H groups in total. The highest BCUT2D eigenvalue weighted by Crippen LogP contribution is 2.33. The average Bonchev–Trinajstić information content (AvgIpc) is 3.04. The van der Waals surface area contributed by atoms with Crippen molar-refractivity contribution in [3.8, 4) is 11.1 Å². The van der Waals surface area contributed by atoms with E-state index < -0.39 is 34.9 Å². The van der Waals surface area contributed by atoms with Crippen molar-refractivity contribution in [3.63, 3.8) is 0 Å². The van der Waals surface area contributed by atoms with Crippen LogP contribution < -0.4 is 5.32 Å². The van der Waals surface area contributed by atoms with Crippen LogP contribution in [0.25, 0.3) is 11.1 Å². The summed E-state index contributed by atoms with van der Waals surface area (Å²) in [6.45, 7) is 1.90. The number of halogens is 3. The van der Waals surface area contributed by atoms with Crippen molar-refractivity contribution in [1.29, 1.82) is 0 Å². The normalized spacial score (nSPS) is 19.2. The first kappa shape index (κ1) is 18.8. The van der Waals surface area contributed by atoms with Gasteiger partial charge in [-0.2, -0.15) is 0 Å². The number of hydrogen-bond acceptors (Lipinski definition) is 2. The van der Waals surface area contributed by atoms with Crippen LogP contribution in [-0.2, 0) is 4.79 Å². The predicted molar refractivity (Wildman–Crippen MR) is 92.7 cm³/mol. The van der Waals surface area contributed by atoms with E-state index in [4.69, 9.17) is 0 Å². The number of aliphatic carboxylic acids is 1. The monoisotopic (exact) mass is 378 g/mol. The molecule has 0 bridgehead atoms. The molecule has 5 nitrogen and oxygen atoms in total. The van der Waals surface area contributed by atoms with Gasteiger partial charge in [0.25, 0.3) is 0 Å². The molecule has 2 aromatic carbocycles. The van der Waals surface area contributed by atoms with Gasteiger partial charge in [0.05, 0.1) is 11.1 Å². The van der Waals surface area contributed by atoms with Crippen LogP contribution in [0.5, 0.6) is 0 Å². The molecule has 8 heteroatoms. The second kappa shape index (κ2) is 6.94. The Labute approximate surface area is 153 Å². The number of nitrogens with zero attached hydrogens (tertiary/aromatic N) is 1. The fourth-order valence-corrected chi connectivity index (χ4v) is 3.06. The molecule has 27 heavy (non-hydrogen) atoms. The molecular weight excluding hydrogens is 361 g/mol. The van der Waals surface area contributed by atoms with E-state index in [2.05, 4.69) is 5.32 Å². The molecular formula is C19H17F3N2O3. The van der Waals surface area contributed by atoms with Crippen molar-refractivity contribution in [1.82, 2.24) is 4.90 Å². The topological polar surface area (TPSA) is 69.6 Å². The van der Waals surface area contributed by atoms with E-state index in [1.54, 1.807) is 25.1 Å². The predicted octanol–water partition coefficient (Wildman–Crippen LogP) is 4.10. The summed E-state index contributed by atoms with van der Waals surface area (Å²) in [5.74, 6) is -5.20. The number of amides is 2. The lowest BCUT2D eigenvalue weighted by atomic mass is 9.90. The molecule has 0 aliphatic carbocycles. The van der Waals surface area contributed by atoms with Gasteiger partial charge in [-0.15, -0.1) is 0 Å². The number of hydrogen-bond donors (Lipinski definition) is 2. The van der Waals surface area contributed by atoms with E-state index >= 15 is 0 Å². The Morgan fingerprint density at radius 3 is 2.37 bits per heavy atom. The third-order valence-corrected chi connectivity index (χ3v) is 4.74. The summed E-state index contributed by atoms with van der Waals surface area (Å²) in [6, 6.07) is 7.49. The first-order chi connectivity index (χ1) is 12.7. The van der Waals surface area contributed by atoms with Gasteiger partial charge in [-0.05, 0) is 37.1 Å². The maximum Gasteiger partial charge on any atom is 0.321 e. The number of likely N-dealkylation sites (tertiary alicyclic amines) is 1. The van der Waals surface area contributed by atoms with Crippen molar-refractivity contribution in [2.45, 2.75) is 13.3 Å². The Hall–Kier alpha value is -3.03. The van der Waals surface area contributed by atoms with Gasteiger partial charge >= 0.3 is 12.0 Å².